The van der Waals surface area contributed by atoms with Crippen LogP contribution in [0.5, 0.6) is 0 Å². The zero-order valence-corrected chi connectivity index (χ0v) is 5.81. The molecule has 0 radical (unpaired) electrons. The van der Waals surface area contributed by atoms with Gasteiger partial charge in [-0.1, -0.05) is 0 Å². The average molecular weight is 197 g/mol. The molecular formula is C5H2F3NO4. The molecule has 0 saturated carbocycles. The number of nitrogens with one attached hydrogen (secondary N) is 1. The minimum atomic E-state index is -4.99. The second kappa shape index (κ2) is 2.64. The lowest BCUT2D eigenvalue weighted by molar-refractivity contribution is -0.154. The van der Waals surface area contributed by atoms with E-state index in [-0.39, 0.29) is 0 Å². The number of carboxylic acid groups (broad SMARTS) is 1. The molecular weight excluding hydrogens is 195 g/mol. The Morgan fingerprint density at radius 1 is 1.46 bits per heavy atom. The largest absolute Gasteiger partial charge is 0.476 e. The van der Waals surface area contributed by atoms with E-state index in [1.54, 1.807) is 0 Å². The van der Waals surface area contributed by atoms with Gasteiger partial charge in [0.05, 0.1) is 0 Å². The van der Waals surface area contributed by atoms with Crippen molar-refractivity contribution in [2.24, 2.45) is 0 Å². The van der Waals surface area contributed by atoms with Crippen LogP contribution in [0.15, 0.2) is 9.21 Å². The molecule has 0 aliphatic carbocycles. The first kappa shape index (κ1) is 9.36. The molecule has 1 aromatic rings. The van der Waals surface area contributed by atoms with E-state index >= 15 is 0 Å². The third kappa shape index (κ3) is 1.71. The zero-order valence-electron chi connectivity index (χ0n) is 5.81. The summed E-state index contributed by atoms with van der Waals surface area (Å²) in [5, 5.41) is 8.21. The molecule has 0 unspecified atom stereocenters. The number of aromatic carboxylic acids is 1. The Kier molecular flexibility index (Phi) is 1.90. The smallest absolute Gasteiger partial charge is 0.452 e. The van der Waals surface area contributed by atoms with Crippen LogP contribution < -0.4 is 5.76 Å². The third-order valence-electron chi connectivity index (χ3n) is 1.12. The number of oxazole rings is 1. The molecule has 0 saturated heterocycles. The fraction of sp³-hybridized carbons (Fsp3) is 0.200. The van der Waals surface area contributed by atoms with Crippen molar-refractivity contribution in [3.8, 4) is 0 Å². The first-order valence-corrected chi connectivity index (χ1v) is 2.86. The van der Waals surface area contributed by atoms with Crippen LogP contribution in [-0.4, -0.2) is 16.1 Å². The van der Waals surface area contributed by atoms with E-state index in [1.807, 2.05) is 0 Å². The second-order valence-corrected chi connectivity index (χ2v) is 2.02. The van der Waals surface area contributed by atoms with Crippen LogP contribution >= 0.6 is 0 Å². The molecule has 13 heavy (non-hydrogen) atoms. The number of halogens is 3. The molecule has 72 valence electrons. The fourth-order valence-electron chi connectivity index (χ4n) is 0.678. The van der Waals surface area contributed by atoms with Crippen molar-refractivity contribution in [3.63, 3.8) is 0 Å². The second-order valence-electron chi connectivity index (χ2n) is 2.02. The van der Waals surface area contributed by atoms with E-state index in [1.165, 1.54) is 4.98 Å². The maximum absolute atomic E-state index is 11.9. The fourth-order valence-corrected chi connectivity index (χ4v) is 0.678. The summed E-state index contributed by atoms with van der Waals surface area (Å²) >= 11 is 0. The Hall–Kier alpha value is -1.73. The molecule has 8 heteroatoms. The van der Waals surface area contributed by atoms with Crippen molar-refractivity contribution in [3.05, 3.63) is 22.0 Å². The lowest BCUT2D eigenvalue weighted by Gasteiger charge is -2.00. The number of aromatic nitrogens is 1. The molecule has 0 aromatic carbocycles. The molecule has 2 N–H and O–H groups in total. The SMILES string of the molecule is O=C(O)c1[nH]c(=O)oc1C(F)(F)F. The minimum absolute atomic E-state index is 1.29. The normalized spacial score (nSPS) is 11.6. The predicted molar refractivity (Wildman–Crippen MR) is 31.3 cm³/mol. The number of hydrogen-bond acceptors (Lipinski definition) is 3. The summed E-state index contributed by atoms with van der Waals surface area (Å²) in [5.74, 6) is -5.19. The van der Waals surface area contributed by atoms with Gasteiger partial charge in [0.2, 0.25) is 5.76 Å². The van der Waals surface area contributed by atoms with Crippen LogP contribution in [0.3, 0.4) is 0 Å². The highest BCUT2D eigenvalue weighted by Crippen LogP contribution is 2.30. The van der Waals surface area contributed by atoms with Crippen LogP contribution in [0.4, 0.5) is 13.2 Å². The molecule has 0 spiro atoms. The summed E-state index contributed by atoms with van der Waals surface area (Å²) in [6.45, 7) is 0. The molecule has 0 bridgehead atoms. The molecule has 1 rings (SSSR count). The first-order valence-electron chi connectivity index (χ1n) is 2.86. The molecule has 0 aliphatic rings. The lowest BCUT2D eigenvalue weighted by Crippen LogP contribution is -2.11. The first-order chi connectivity index (χ1) is 5.82. The summed E-state index contributed by atoms with van der Waals surface area (Å²) in [7, 11) is 0. The van der Waals surface area contributed by atoms with Crippen LogP contribution in [0.2, 0.25) is 0 Å². The molecule has 5 nitrogen and oxygen atoms in total. The van der Waals surface area contributed by atoms with Gasteiger partial charge in [0.15, 0.2) is 5.69 Å². The number of alkyl halides is 3. The van der Waals surface area contributed by atoms with E-state index in [4.69, 9.17) is 5.11 Å². The Morgan fingerprint density at radius 2 is 2.00 bits per heavy atom. The maximum atomic E-state index is 11.9. The van der Waals surface area contributed by atoms with Gasteiger partial charge in [-0.25, -0.2) is 9.59 Å². The number of carbonyl (C=O) groups is 1. The van der Waals surface area contributed by atoms with Crippen LogP contribution in [0.1, 0.15) is 16.2 Å². The van der Waals surface area contributed by atoms with Gasteiger partial charge < -0.3 is 9.52 Å². The number of carboxylic acids is 1. The van der Waals surface area contributed by atoms with E-state index in [9.17, 15) is 22.8 Å². The third-order valence-corrected chi connectivity index (χ3v) is 1.12. The predicted octanol–water partition coefficient (Wildman–Crippen LogP) is 0.685. The Morgan fingerprint density at radius 3 is 2.31 bits per heavy atom. The van der Waals surface area contributed by atoms with Gasteiger partial charge in [0.25, 0.3) is 0 Å². The van der Waals surface area contributed by atoms with Gasteiger partial charge >= 0.3 is 17.9 Å². The van der Waals surface area contributed by atoms with E-state index in [2.05, 4.69) is 4.42 Å². The summed E-state index contributed by atoms with van der Waals surface area (Å²) in [5.41, 5.74) is -1.29. The molecule has 0 aliphatic heterocycles. The van der Waals surface area contributed by atoms with Gasteiger partial charge in [-0.05, 0) is 0 Å². The summed E-state index contributed by atoms with van der Waals surface area (Å²) in [6.07, 6.45) is -4.99. The Labute approximate surface area is 67.8 Å². The van der Waals surface area contributed by atoms with Crippen LogP contribution in [0.25, 0.3) is 0 Å². The molecule has 0 amide bonds. The van der Waals surface area contributed by atoms with Crippen LogP contribution in [-0.2, 0) is 6.18 Å². The number of rotatable bonds is 1. The van der Waals surface area contributed by atoms with Crippen molar-refractivity contribution in [1.82, 2.24) is 4.98 Å². The van der Waals surface area contributed by atoms with E-state index in [0.29, 0.717) is 0 Å². The van der Waals surface area contributed by atoms with Gasteiger partial charge in [-0.3, -0.25) is 4.98 Å². The number of H-pyrrole nitrogens is 1. The summed E-state index contributed by atoms with van der Waals surface area (Å²) in [4.78, 5) is 21.8. The van der Waals surface area contributed by atoms with Crippen molar-refractivity contribution in [1.29, 1.82) is 0 Å². The topological polar surface area (TPSA) is 83.3 Å². The number of aromatic amines is 1. The molecule has 0 atom stereocenters. The number of hydrogen-bond donors (Lipinski definition) is 2. The summed E-state index contributed by atoms with van der Waals surface area (Å²) < 4.78 is 39.3. The minimum Gasteiger partial charge on any atom is -0.476 e. The van der Waals surface area contributed by atoms with Gasteiger partial charge in [-0.15, -0.1) is 0 Å². The van der Waals surface area contributed by atoms with Crippen LogP contribution in [0, 0.1) is 0 Å². The van der Waals surface area contributed by atoms with Gasteiger partial charge in [0.1, 0.15) is 0 Å². The van der Waals surface area contributed by atoms with Crippen molar-refractivity contribution in [2.75, 3.05) is 0 Å². The van der Waals surface area contributed by atoms with Crippen molar-refractivity contribution < 1.29 is 27.5 Å². The quantitative estimate of drug-likeness (QED) is 0.693. The van der Waals surface area contributed by atoms with Gasteiger partial charge in [0, 0.05) is 0 Å². The molecule has 1 aromatic heterocycles. The molecule has 0 fully saturated rings. The zero-order chi connectivity index (χ0) is 10.2. The monoisotopic (exact) mass is 197 g/mol. The Bertz CT molecular complexity index is 387. The van der Waals surface area contributed by atoms with E-state index < -0.39 is 29.4 Å². The lowest BCUT2D eigenvalue weighted by atomic mass is 10.3. The highest BCUT2D eigenvalue weighted by molar-refractivity contribution is 5.86. The Balaban J connectivity index is 3.36. The van der Waals surface area contributed by atoms with Crippen molar-refractivity contribution >= 4 is 5.97 Å². The van der Waals surface area contributed by atoms with Crippen molar-refractivity contribution in [2.45, 2.75) is 6.18 Å². The average Bonchev–Trinajstić information content (AvgIpc) is 2.29. The standard InChI is InChI=1S/C5H2F3NO4/c6-5(7,8)2-1(3(10)11)9-4(12)13-2/h(H,9,12)(H,10,11). The summed E-state index contributed by atoms with van der Waals surface area (Å²) in [6, 6.07) is 0. The van der Waals surface area contributed by atoms with Gasteiger partial charge in [-0.2, -0.15) is 13.2 Å². The maximum Gasteiger partial charge on any atom is 0.452 e. The highest BCUT2D eigenvalue weighted by Gasteiger charge is 2.41. The van der Waals surface area contributed by atoms with E-state index in [0.717, 1.165) is 0 Å². The highest BCUT2D eigenvalue weighted by atomic mass is 19.4. The molecule has 1 heterocycles.